The number of unbranched alkanes of at least 4 members (excludes halogenated alkanes) is 3. The first-order chi connectivity index (χ1) is 11.6. The molecule has 1 aliphatic rings. The van der Waals surface area contributed by atoms with Crippen molar-refractivity contribution < 1.29 is 14.4 Å². The Kier molecular flexibility index (Phi) is 8.94. The molecular formula is C17H25ClN4O3. The van der Waals surface area contributed by atoms with Crippen molar-refractivity contribution in [2.45, 2.75) is 32.1 Å². The van der Waals surface area contributed by atoms with Crippen LogP contribution in [0, 0.1) is 0 Å². The third-order valence-corrected chi connectivity index (χ3v) is 3.89. The van der Waals surface area contributed by atoms with Crippen molar-refractivity contribution in [3.63, 3.8) is 0 Å². The van der Waals surface area contributed by atoms with Gasteiger partial charge >= 0.3 is 6.03 Å². The Morgan fingerprint density at radius 1 is 1.20 bits per heavy atom. The van der Waals surface area contributed by atoms with Gasteiger partial charge in [0.15, 0.2) is 0 Å². The summed E-state index contributed by atoms with van der Waals surface area (Å²) < 4.78 is 0. The number of amides is 4. The average Bonchev–Trinajstić information content (AvgIpc) is 2.58. The van der Waals surface area contributed by atoms with Crippen LogP contribution in [0.5, 0.6) is 0 Å². The van der Waals surface area contributed by atoms with Gasteiger partial charge in [0.1, 0.15) is 0 Å². The fraction of sp³-hybridized carbons (Fsp3) is 0.471. The van der Waals surface area contributed by atoms with E-state index in [9.17, 15) is 14.4 Å². The SMILES string of the molecule is Cl.NCCCCCCNC(=O)c1cccc(N2CCC(=O)NC2=O)c1. The summed E-state index contributed by atoms with van der Waals surface area (Å²) in [5.41, 5.74) is 6.55. The van der Waals surface area contributed by atoms with E-state index in [1.54, 1.807) is 24.3 Å². The van der Waals surface area contributed by atoms with E-state index in [0.29, 0.717) is 30.9 Å². The summed E-state index contributed by atoms with van der Waals surface area (Å²) in [5, 5.41) is 5.15. The van der Waals surface area contributed by atoms with E-state index in [2.05, 4.69) is 10.6 Å². The highest BCUT2D eigenvalue weighted by Gasteiger charge is 2.24. The molecule has 0 aromatic heterocycles. The zero-order chi connectivity index (χ0) is 17.4. The van der Waals surface area contributed by atoms with Gasteiger partial charge < -0.3 is 11.1 Å². The van der Waals surface area contributed by atoms with Crippen molar-refractivity contribution in [2.75, 3.05) is 24.5 Å². The molecule has 25 heavy (non-hydrogen) atoms. The normalized spacial score (nSPS) is 13.9. The topological polar surface area (TPSA) is 105 Å². The van der Waals surface area contributed by atoms with Crippen LogP contribution in [0.25, 0.3) is 0 Å². The van der Waals surface area contributed by atoms with Crippen LogP contribution in [-0.2, 0) is 4.79 Å². The van der Waals surface area contributed by atoms with Gasteiger partial charge in [0.05, 0.1) is 0 Å². The second kappa shape index (κ2) is 10.7. The maximum absolute atomic E-state index is 12.2. The maximum atomic E-state index is 12.2. The van der Waals surface area contributed by atoms with Gasteiger partial charge in [0.2, 0.25) is 5.91 Å². The molecule has 2 rings (SSSR count). The third kappa shape index (κ3) is 6.36. The Labute approximate surface area is 153 Å². The molecular weight excluding hydrogens is 344 g/mol. The lowest BCUT2D eigenvalue weighted by Gasteiger charge is -2.26. The number of nitrogens with one attached hydrogen (secondary N) is 2. The van der Waals surface area contributed by atoms with Gasteiger partial charge in [-0.2, -0.15) is 0 Å². The van der Waals surface area contributed by atoms with Crippen molar-refractivity contribution in [2.24, 2.45) is 5.73 Å². The molecule has 8 heteroatoms. The van der Waals surface area contributed by atoms with Crippen LogP contribution >= 0.6 is 12.4 Å². The molecule has 0 atom stereocenters. The minimum atomic E-state index is -0.455. The highest BCUT2D eigenvalue weighted by atomic mass is 35.5. The first kappa shape index (κ1) is 20.9. The lowest BCUT2D eigenvalue weighted by atomic mass is 10.1. The van der Waals surface area contributed by atoms with Gasteiger partial charge in [0.25, 0.3) is 5.91 Å². The number of rotatable bonds is 8. The molecule has 7 nitrogen and oxygen atoms in total. The zero-order valence-electron chi connectivity index (χ0n) is 14.1. The van der Waals surface area contributed by atoms with Gasteiger partial charge in [-0.25, -0.2) is 4.79 Å². The molecule has 4 amide bonds. The van der Waals surface area contributed by atoms with Crippen LogP contribution in [0.4, 0.5) is 10.5 Å². The predicted molar refractivity (Wildman–Crippen MR) is 99.0 cm³/mol. The Bertz CT molecular complexity index is 609. The fourth-order valence-corrected chi connectivity index (χ4v) is 2.55. The quantitative estimate of drug-likeness (QED) is 0.608. The largest absolute Gasteiger partial charge is 0.352 e. The third-order valence-electron chi connectivity index (χ3n) is 3.89. The minimum Gasteiger partial charge on any atom is -0.352 e. The summed E-state index contributed by atoms with van der Waals surface area (Å²) in [6.45, 7) is 1.64. The number of hydrogen-bond acceptors (Lipinski definition) is 4. The van der Waals surface area contributed by atoms with Gasteiger partial charge in [-0.05, 0) is 37.6 Å². The number of anilines is 1. The van der Waals surface area contributed by atoms with Crippen LogP contribution in [0.2, 0.25) is 0 Å². The summed E-state index contributed by atoms with van der Waals surface area (Å²) in [6.07, 6.45) is 4.30. The first-order valence-corrected chi connectivity index (χ1v) is 8.31. The smallest absolute Gasteiger partial charge is 0.328 e. The Morgan fingerprint density at radius 3 is 2.68 bits per heavy atom. The van der Waals surface area contributed by atoms with E-state index < -0.39 is 6.03 Å². The van der Waals surface area contributed by atoms with Crippen LogP contribution in [0.3, 0.4) is 0 Å². The van der Waals surface area contributed by atoms with Gasteiger partial charge in [-0.15, -0.1) is 12.4 Å². The molecule has 0 aliphatic carbocycles. The number of benzene rings is 1. The van der Waals surface area contributed by atoms with Crippen LogP contribution in [0.15, 0.2) is 24.3 Å². The van der Waals surface area contributed by atoms with E-state index in [-0.39, 0.29) is 30.6 Å². The monoisotopic (exact) mass is 368 g/mol. The number of imide groups is 1. The van der Waals surface area contributed by atoms with Gasteiger partial charge in [-0.3, -0.25) is 19.8 Å². The molecule has 1 aromatic rings. The first-order valence-electron chi connectivity index (χ1n) is 8.31. The number of carbonyl (C=O) groups excluding carboxylic acids is 3. The maximum Gasteiger partial charge on any atom is 0.328 e. The van der Waals surface area contributed by atoms with Crippen LogP contribution < -0.4 is 21.3 Å². The Morgan fingerprint density at radius 2 is 1.96 bits per heavy atom. The predicted octanol–water partition coefficient (Wildman–Crippen LogP) is 1.80. The summed E-state index contributed by atoms with van der Waals surface area (Å²) in [6, 6.07) is 6.40. The molecule has 0 unspecified atom stereocenters. The molecule has 1 aromatic carbocycles. The zero-order valence-corrected chi connectivity index (χ0v) is 14.9. The second-order valence-electron chi connectivity index (χ2n) is 5.76. The van der Waals surface area contributed by atoms with E-state index in [1.165, 1.54) is 4.90 Å². The van der Waals surface area contributed by atoms with Crippen LogP contribution in [-0.4, -0.2) is 37.5 Å². The second-order valence-corrected chi connectivity index (χ2v) is 5.76. The molecule has 0 radical (unpaired) electrons. The number of nitrogens with two attached hydrogens (primary N) is 1. The summed E-state index contributed by atoms with van der Waals surface area (Å²) >= 11 is 0. The van der Waals surface area contributed by atoms with Gasteiger partial charge in [0, 0.05) is 30.8 Å². The van der Waals surface area contributed by atoms with Crippen LogP contribution in [0.1, 0.15) is 42.5 Å². The number of halogens is 1. The average molecular weight is 369 g/mol. The summed E-state index contributed by atoms with van der Waals surface area (Å²) in [4.78, 5) is 36.7. The van der Waals surface area contributed by atoms with Crippen molar-refractivity contribution in [3.8, 4) is 0 Å². The highest BCUT2D eigenvalue weighted by Crippen LogP contribution is 2.18. The van der Waals surface area contributed by atoms with Crippen molar-refractivity contribution in [3.05, 3.63) is 29.8 Å². The molecule has 1 heterocycles. The molecule has 4 N–H and O–H groups in total. The molecule has 0 saturated carbocycles. The Balaban J connectivity index is 0.00000312. The number of nitrogens with zero attached hydrogens (tertiary/aromatic N) is 1. The molecule has 1 saturated heterocycles. The standard InChI is InChI=1S/C17H24N4O3.ClH/c18-9-3-1-2-4-10-19-16(23)13-6-5-7-14(12-13)21-11-8-15(22)20-17(21)24;/h5-7,12H,1-4,8-11,18H2,(H,19,23)(H,20,22,24);1H. The summed E-state index contributed by atoms with van der Waals surface area (Å²) in [5.74, 6) is -0.441. The molecule has 0 spiro atoms. The van der Waals surface area contributed by atoms with Crippen molar-refractivity contribution >= 4 is 35.9 Å². The molecule has 1 aliphatic heterocycles. The van der Waals surface area contributed by atoms with E-state index in [1.807, 2.05) is 0 Å². The number of hydrogen-bond donors (Lipinski definition) is 3. The van der Waals surface area contributed by atoms with Gasteiger partial charge in [-0.1, -0.05) is 18.9 Å². The lowest BCUT2D eigenvalue weighted by molar-refractivity contribution is -0.120. The minimum absolute atomic E-state index is 0. The highest BCUT2D eigenvalue weighted by molar-refractivity contribution is 6.06. The van der Waals surface area contributed by atoms with E-state index >= 15 is 0 Å². The number of urea groups is 1. The molecule has 138 valence electrons. The summed E-state index contributed by atoms with van der Waals surface area (Å²) in [7, 11) is 0. The fourth-order valence-electron chi connectivity index (χ4n) is 2.55. The molecule has 0 bridgehead atoms. The molecule has 1 fully saturated rings. The van der Waals surface area contributed by atoms with Crippen molar-refractivity contribution in [1.82, 2.24) is 10.6 Å². The van der Waals surface area contributed by atoms with Crippen molar-refractivity contribution in [1.29, 1.82) is 0 Å². The van der Waals surface area contributed by atoms with E-state index in [4.69, 9.17) is 5.73 Å². The number of carbonyl (C=O) groups is 3. The Hall–Kier alpha value is -2.12. The van der Waals surface area contributed by atoms with E-state index in [0.717, 1.165) is 25.7 Å². The lowest BCUT2D eigenvalue weighted by Crippen LogP contribution is -2.49.